The lowest BCUT2D eigenvalue weighted by Crippen LogP contribution is -2.38. The predicted molar refractivity (Wildman–Crippen MR) is 55.4 cm³/mol. The van der Waals surface area contributed by atoms with Crippen molar-refractivity contribution in [1.29, 1.82) is 0 Å². The molecule has 96 valence electrons. The molecule has 0 aliphatic rings. The van der Waals surface area contributed by atoms with Crippen molar-refractivity contribution in [1.82, 2.24) is 0 Å². The molecule has 0 bridgehead atoms. The van der Waals surface area contributed by atoms with E-state index in [1.54, 1.807) is 19.9 Å². The van der Waals surface area contributed by atoms with Crippen molar-refractivity contribution in [3.63, 3.8) is 0 Å². The average Bonchev–Trinajstić information content (AvgIpc) is 2.12. The lowest BCUT2D eigenvalue weighted by Gasteiger charge is -2.21. The van der Waals surface area contributed by atoms with Gasteiger partial charge >= 0.3 is 12.1 Å². The van der Waals surface area contributed by atoms with E-state index >= 15 is 0 Å². The molecule has 0 aromatic heterocycles. The third-order valence-electron chi connectivity index (χ3n) is 2.78. The van der Waals surface area contributed by atoms with Crippen LogP contribution >= 0.6 is 0 Å². The van der Waals surface area contributed by atoms with Gasteiger partial charge in [-0.25, -0.2) is 0 Å². The van der Waals surface area contributed by atoms with E-state index in [4.69, 9.17) is 0 Å². The molecule has 0 amide bonds. The molecule has 0 saturated heterocycles. The molecule has 1 rings (SSSR count). The monoisotopic (exact) mass is 252 g/mol. The van der Waals surface area contributed by atoms with Crippen LogP contribution in [0, 0.1) is 20.8 Å². The number of benzene rings is 1. The van der Waals surface area contributed by atoms with E-state index < -0.39 is 18.5 Å². The minimum absolute atomic E-state index is 0.0374. The number of aryl methyl sites for hydroxylation is 3. The first-order chi connectivity index (χ1) is 7.54. The summed E-state index contributed by atoms with van der Waals surface area (Å²) in [5.74, 6) is -4.68. The van der Waals surface area contributed by atoms with Crippen LogP contribution in [-0.2, 0) is 6.42 Å². The molecule has 0 saturated carbocycles. The minimum atomic E-state index is -5.50. The van der Waals surface area contributed by atoms with Crippen molar-refractivity contribution >= 4 is 0 Å². The summed E-state index contributed by atoms with van der Waals surface area (Å²) in [6.07, 6.45) is -6.80. The lowest BCUT2D eigenvalue weighted by atomic mass is 9.96. The van der Waals surface area contributed by atoms with Crippen molar-refractivity contribution in [2.45, 2.75) is 39.3 Å². The normalized spacial score (nSPS) is 12.9. The number of hydrogen-bond donors (Lipinski definition) is 0. The largest absolute Gasteiger partial charge is 0.453 e. The van der Waals surface area contributed by atoms with E-state index in [1.165, 1.54) is 13.0 Å². The van der Waals surface area contributed by atoms with Crippen LogP contribution in [0.3, 0.4) is 0 Å². The van der Waals surface area contributed by atoms with E-state index in [0.29, 0.717) is 11.1 Å². The van der Waals surface area contributed by atoms with E-state index in [9.17, 15) is 22.0 Å². The van der Waals surface area contributed by atoms with Gasteiger partial charge in [0.1, 0.15) is 0 Å². The zero-order valence-electron chi connectivity index (χ0n) is 9.75. The molecular weight excluding hydrogens is 239 g/mol. The van der Waals surface area contributed by atoms with Gasteiger partial charge in [-0.1, -0.05) is 12.1 Å². The van der Waals surface area contributed by atoms with Gasteiger partial charge in [0.15, 0.2) is 0 Å². The Morgan fingerprint density at radius 3 is 1.76 bits per heavy atom. The van der Waals surface area contributed by atoms with Crippen LogP contribution in [0.15, 0.2) is 12.1 Å². The number of halogens is 5. The summed E-state index contributed by atoms with van der Waals surface area (Å²) in [5, 5.41) is 0. The highest BCUT2D eigenvalue weighted by atomic mass is 19.4. The Kier molecular flexibility index (Phi) is 3.50. The number of rotatable bonds is 2. The molecule has 0 aliphatic carbocycles. The highest BCUT2D eigenvalue weighted by Crippen LogP contribution is 2.38. The summed E-state index contributed by atoms with van der Waals surface area (Å²) in [6.45, 7) is 5.01. The molecule has 0 spiro atoms. The quantitative estimate of drug-likeness (QED) is 0.686. The molecule has 1 aromatic rings. The SMILES string of the molecule is Cc1cc(C)c(CC(F)(F)C(F)(F)F)cc1C. The Balaban J connectivity index is 3.08. The second kappa shape index (κ2) is 4.27. The summed E-state index contributed by atoms with van der Waals surface area (Å²) in [6, 6.07) is 3.02. The predicted octanol–water partition coefficient (Wildman–Crippen LogP) is 4.35. The molecule has 0 heterocycles. The van der Waals surface area contributed by atoms with E-state index in [1.807, 2.05) is 0 Å². The highest BCUT2D eigenvalue weighted by Gasteiger charge is 2.57. The van der Waals surface area contributed by atoms with Crippen molar-refractivity contribution in [3.8, 4) is 0 Å². The molecule has 5 heteroatoms. The number of hydrogen-bond acceptors (Lipinski definition) is 0. The zero-order chi connectivity index (χ0) is 13.4. The Labute approximate surface area is 96.4 Å². The Morgan fingerprint density at radius 1 is 0.824 bits per heavy atom. The molecule has 17 heavy (non-hydrogen) atoms. The molecule has 0 unspecified atom stereocenters. The third kappa shape index (κ3) is 2.96. The molecule has 0 aliphatic heterocycles. The van der Waals surface area contributed by atoms with Crippen LogP contribution in [0.1, 0.15) is 22.3 Å². The molecule has 0 radical (unpaired) electrons. The molecule has 0 nitrogen and oxygen atoms in total. The van der Waals surface area contributed by atoms with Crippen LogP contribution in [-0.4, -0.2) is 12.1 Å². The standard InChI is InChI=1S/C12H13F5/c1-7-4-9(3)10(5-8(7)2)6-11(13,14)12(15,16)17/h4-5H,6H2,1-3H3. The molecular formula is C12H13F5. The highest BCUT2D eigenvalue weighted by molar-refractivity contribution is 5.37. The maximum atomic E-state index is 12.9. The zero-order valence-corrected chi connectivity index (χ0v) is 9.75. The first kappa shape index (κ1) is 13.9. The topological polar surface area (TPSA) is 0 Å². The Bertz CT molecular complexity index is 418. The van der Waals surface area contributed by atoms with Crippen molar-refractivity contribution < 1.29 is 22.0 Å². The molecule has 0 fully saturated rings. The average molecular weight is 252 g/mol. The smallest absolute Gasteiger partial charge is 0.196 e. The fraction of sp³-hybridized carbons (Fsp3) is 0.500. The molecule has 0 N–H and O–H groups in total. The van der Waals surface area contributed by atoms with Crippen molar-refractivity contribution in [2.24, 2.45) is 0 Å². The first-order valence-electron chi connectivity index (χ1n) is 5.06. The lowest BCUT2D eigenvalue weighted by molar-refractivity contribution is -0.281. The summed E-state index contributed by atoms with van der Waals surface area (Å²) in [7, 11) is 0. The Hall–Kier alpha value is -1.13. The second-order valence-corrected chi connectivity index (χ2v) is 4.24. The second-order valence-electron chi connectivity index (χ2n) is 4.24. The van der Waals surface area contributed by atoms with Gasteiger partial charge in [0.2, 0.25) is 0 Å². The third-order valence-corrected chi connectivity index (χ3v) is 2.78. The minimum Gasteiger partial charge on any atom is -0.196 e. The van der Waals surface area contributed by atoms with Crippen LogP contribution in [0.2, 0.25) is 0 Å². The fourth-order valence-corrected chi connectivity index (χ4v) is 1.55. The van der Waals surface area contributed by atoms with E-state index in [0.717, 1.165) is 5.56 Å². The first-order valence-corrected chi connectivity index (χ1v) is 5.06. The molecule has 1 aromatic carbocycles. The van der Waals surface area contributed by atoms with Gasteiger partial charge < -0.3 is 0 Å². The maximum absolute atomic E-state index is 12.9. The Morgan fingerprint density at radius 2 is 1.29 bits per heavy atom. The van der Waals surface area contributed by atoms with Gasteiger partial charge in [0, 0.05) is 6.42 Å². The van der Waals surface area contributed by atoms with Crippen LogP contribution in [0.25, 0.3) is 0 Å². The van der Waals surface area contributed by atoms with Crippen LogP contribution in [0.5, 0.6) is 0 Å². The van der Waals surface area contributed by atoms with Gasteiger partial charge in [-0.3, -0.25) is 0 Å². The van der Waals surface area contributed by atoms with E-state index in [-0.39, 0.29) is 5.56 Å². The van der Waals surface area contributed by atoms with Gasteiger partial charge in [-0.15, -0.1) is 0 Å². The summed E-state index contributed by atoms with van der Waals surface area (Å²) >= 11 is 0. The summed E-state index contributed by atoms with van der Waals surface area (Å²) in [5.41, 5.74) is 2.08. The van der Waals surface area contributed by atoms with Gasteiger partial charge in [-0.05, 0) is 43.0 Å². The van der Waals surface area contributed by atoms with Crippen molar-refractivity contribution in [2.75, 3.05) is 0 Å². The van der Waals surface area contributed by atoms with Gasteiger partial charge in [0.25, 0.3) is 0 Å². The van der Waals surface area contributed by atoms with Gasteiger partial charge in [0.05, 0.1) is 0 Å². The van der Waals surface area contributed by atoms with Gasteiger partial charge in [-0.2, -0.15) is 22.0 Å². The van der Waals surface area contributed by atoms with Crippen LogP contribution in [0.4, 0.5) is 22.0 Å². The number of alkyl halides is 5. The summed E-state index contributed by atoms with van der Waals surface area (Å²) in [4.78, 5) is 0. The fourth-order valence-electron chi connectivity index (χ4n) is 1.55. The molecule has 0 atom stereocenters. The summed E-state index contributed by atoms with van der Waals surface area (Å²) < 4.78 is 62.0. The maximum Gasteiger partial charge on any atom is 0.453 e. The van der Waals surface area contributed by atoms with E-state index in [2.05, 4.69) is 0 Å². The van der Waals surface area contributed by atoms with Crippen molar-refractivity contribution in [3.05, 3.63) is 34.4 Å². The van der Waals surface area contributed by atoms with Crippen LogP contribution < -0.4 is 0 Å².